The summed E-state index contributed by atoms with van der Waals surface area (Å²) in [5, 5.41) is 6.35. The van der Waals surface area contributed by atoms with E-state index in [-0.39, 0.29) is 49.7 Å². The molecule has 2 aromatic heterocycles. The Morgan fingerprint density at radius 3 is 2.70 bits per heavy atom. The summed E-state index contributed by atoms with van der Waals surface area (Å²) in [6.45, 7) is 7.76. The number of urea groups is 1. The molecule has 10 nitrogen and oxygen atoms in total. The minimum atomic E-state index is -4.51. The number of carbonyl (C=O) groups is 2. The topological polar surface area (TPSA) is 103 Å². The van der Waals surface area contributed by atoms with Crippen LogP contribution < -0.4 is 20.3 Å². The van der Waals surface area contributed by atoms with Gasteiger partial charge in [-0.15, -0.1) is 0 Å². The van der Waals surface area contributed by atoms with Crippen molar-refractivity contribution in [3.8, 4) is 17.1 Å². The second-order valence-electron chi connectivity index (χ2n) is 11.5. The van der Waals surface area contributed by atoms with Gasteiger partial charge >= 0.3 is 12.2 Å². The smallest absolute Gasteiger partial charge is 0.411 e. The molecule has 0 unspecified atom stereocenters. The molecule has 3 saturated heterocycles. The van der Waals surface area contributed by atoms with Gasteiger partial charge in [0, 0.05) is 51.0 Å². The standard InChI is InChI=1S/C30H40F3N7O3/c1-4-21-19-38(28(42)40-15-7-12-29(40,3)30(31,32)33)16-17-39(21)24-10-9-23(22-8-6-13-35-27(22)43-5-2)37-25(24)26(41)36-20-11-14-34-18-20/h6,8-10,13,20-21,34H,4-5,7,11-12,14-19H2,1-3H3,(H,36,41)/t20-,21-,29-/m1/s1. The van der Waals surface area contributed by atoms with Crippen molar-refractivity contribution in [1.29, 1.82) is 0 Å². The minimum absolute atomic E-state index is 0.0250. The van der Waals surface area contributed by atoms with Gasteiger partial charge in [-0.3, -0.25) is 4.79 Å². The third-order valence-electron chi connectivity index (χ3n) is 8.83. The molecule has 43 heavy (non-hydrogen) atoms. The van der Waals surface area contributed by atoms with Gasteiger partial charge in [0.1, 0.15) is 5.54 Å². The van der Waals surface area contributed by atoms with E-state index in [1.54, 1.807) is 12.3 Å². The van der Waals surface area contributed by atoms with E-state index in [1.807, 2.05) is 32.0 Å². The SMILES string of the molecule is CCOc1ncccc1-c1ccc(N2CCN(C(=O)N3CCC[C@]3(C)C(F)(F)F)C[C@H]2CC)c(C(=O)N[C@@H]2CCNC2)n1. The Balaban J connectivity index is 1.44. The third-order valence-corrected chi connectivity index (χ3v) is 8.83. The number of anilines is 1. The van der Waals surface area contributed by atoms with Crippen molar-refractivity contribution in [2.45, 2.75) is 70.3 Å². The van der Waals surface area contributed by atoms with Crippen molar-refractivity contribution in [3.63, 3.8) is 0 Å². The zero-order valence-electron chi connectivity index (χ0n) is 24.9. The molecule has 3 aliphatic heterocycles. The number of amides is 3. The molecule has 13 heteroatoms. The molecule has 3 atom stereocenters. The maximum atomic E-state index is 14.0. The molecule has 0 aliphatic carbocycles. The first kappa shape index (κ1) is 30.8. The number of nitrogens with zero attached hydrogens (tertiary/aromatic N) is 5. The van der Waals surface area contributed by atoms with Crippen LogP contribution in [0.2, 0.25) is 0 Å². The summed E-state index contributed by atoms with van der Waals surface area (Å²) < 4.78 is 47.6. The van der Waals surface area contributed by atoms with Crippen LogP contribution in [0, 0.1) is 0 Å². The number of rotatable bonds is 7. The molecule has 0 aromatic carbocycles. The fraction of sp³-hybridized carbons (Fsp3) is 0.600. The third kappa shape index (κ3) is 6.09. The first-order valence-electron chi connectivity index (χ1n) is 15.1. The van der Waals surface area contributed by atoms with Crippen LogP contribution in [0.15, 0.2) is 30.5 Å². The van der Waals surface area contributed by atoms with Crippen LogP contribution in [-0.4, -0.2) is 101 Å². The highest BCUT2D eigenvalue weighted by Gasteiger charge is 2.59. The summed E-state index contributed by atoms with van der Waals surface area (Å²) in [5.74, 6) is 0.113. The van der Waals surface area contributed by atoms with Crippen LogP contribution in [-0.2, 0) is 0 Å². The summed E-state index contributed by atoms with van der Waals surface area (Å²) in [6, 6.07) is 6.47. The molecule has 5 heterocycles. The highest BCUT2D eigenvalue weighted by Crippen LogP contribution is 2.43. The lowest BCUT2D eigenvalue weighted by molar-refractivity contribution is -0.210. The van der Waals surface area contributed by atoms with E-state index in [0.717, 1.165) is 24.8 Å². The van der Waals surface area contributed by atoms with E-state index < -0.39 is 17.7 Å². The number of nitrogens with one attached hydrogen (secondary N) is 2. The fourth-order valence-corrected chi connectivity index (χ4v) is 6.30. The van der Waals surface area contributed by atoms with Crippen molar-refractivity contribution < 1.29 is 27.5 Å². The van der Waals surface area contributed by atoms with Gasteiger partial charge in [0.15, 0.2) is 5.69 Å². The van der Waals surface area contributed by atoms with Crippen molar-refractivity contribution in [2.75, 3.05) is 50.8 Å². The van der Waals surface area contributed by atoms with Gasteiger partial charge in [-0.1, -0.05) is 6.92 Å². The van der Waals surface area contributed by atoms with E-state index in [2.05, 4.69) is 20.5 Å². The first-order valence-corrected chi connectivity index (χ1v) is 15.1. The summed E-state index contributed by atoms with van der Waals surface area (Å²) >= 11 is 0. The van der Waals surface area contributed by atoms with Gasteiger partial charge in [-0.25, -0.2) is 14.8 Å². The van der Waals surface area contributed by atoms with Crippen LogP contribution in [0.1, 0.15) is 56.9 Å². The lowest BCUT2D eigenvalue weighted by Gasteiger charge is -2.46. The van der Waals surface area contributed by atoms with E-state index in [4.69, 9.17) is 9.72 Å². The maximum absolute atomic E-state index is 14.0. The van der Waals surface area contributed by atoms with Crippen molar-refractivity contribution in [1.82, 2.24) is 30.4 Å². The average molecular weight is 604 g/mol. The first-order chi connectivity index (χ1) is 20.6. The lowest BCUT2D eigenvalue weighted by Crippen LogP contribution is -2.62. The van der Waals surface area contributed by atoms with Crippen molar-refractivity contribution >= 4 is 17.6 Å². The fourth-order valence-electron chi connectivity index (χ4n) is 6.30. The molecule has 0 saturated carbocycles. The molecule has 0 radical (unpaired) electrons. The summed E-state index contributed by atoms with van der Waals surface area (Å²) in [5.41, 5.74) is -0.103. The molecule has 5 rings (SSSR count). The predicted molar refractivity (Wildman–Crippen MR) is 156 cm³/mol. The number of piperazine rings is 1. The van der Waals surface area contributed by atoms with E-state index in [9.17, 15) is 22.8 Å². The Morgan fingerprint density at radius 2 is 2.00 bits per heavy atom. The molecule has 3 amide bonds. The molecule has 0 spiro atoms. The molecule has 2 aromatic rings. The molecule has 2 N–H and O–H groups in total. The number of hydrogen-bond donors (Lipinski definition) is 2. The normalized spacial score (nSPS) is 24.4. The highest BCUT2D eigenvalue weighted by atomic mass is 19.4. The Bertz CT molecular complexity index is 1320. The molecular weight excluding hydrogens is 563 g/mol. The molecular formula is C30H40F3N7O3. The number of ether oxygens (including phenoxy) is 1. The van der Waals surface area contributed by atoms with E-state index in [0.29, 0.717) is 55.4 Å². The Hall–Kier alpha value is -3.61. The zero-order chi connectivity index (χ0) is 30.8. The van der Waals surface area contributed by atoms with Gasteiger partial charge in [-0.2, -0.15) is 13.2 Å². The minimum Gasteiger partial charge on any atom is -0.477 e. The highest BCUT2D eigenvalue weighted by molar-refractivity contribution is 5.99. The Labute approximate surface area is 250 Å². The van der Waals surface area contributed by atoms with Gasteiger partial charge < -0.3 is 30.1 Å². The second-order valence-corrected chi connectivity index (χ2v) is 11.5. The van der Waals surface area contributed by atoms with E-state index in [1.165, 1.54) is 4.90 Å². The largest absolute Gasteiger partial charge is 0.477 e. The zero-order valence-corrected chi connectivity index (χ0v) is 24.9. The summed E-state index contributed by atoms with van der Waals surface area (Å²) in [7, 11) is 0. The number of halogens is 3. The number of likely N-dealkylation sites (tertiary alicyclic amines) is 1. The lowest BCUT2D eigenvalue weighted by atomic mass is 9.98. The average Bonchev–Trinajstić information content (AvgIpc) is 3.66. The number of carbonyl (C=O) groups excluding carboxylic acids is 2. The number of aromatic nitrogens is 2. The molecule has 3 aliphatic rings. The summed E-state index contributed by atoms with van der Waals surface area (Å²) in [6.07, 6.45) is -1.24. The number of hydrogen-bond acceptors (Lipinski definition) is 7. The van der Waals surface area contributed by atoms with Crippen LogP contribution in [0.5, 0.6) is 5.88 Å². The van der Waals surface area contributed by atoms with Gasteiger partial charge in [0.2, 0.25) is 5.88 Å². The Kier molecular flexibility index (Phi) is 9.00. The molecule has 0 bridgehead atoms. The number of alkyl halides is 3. The van der Waals surface area contributed by atoms with E-state index >= 15 is 0 Å². The van der Waals surface area contributed by atoms with Gasteiger partial charge in [-0.05, 0) is 70.3 Å². The summed E-state index contributed by atoms with van der Waals surface area (Å²) in [4.78, 5) is 40.9. The van der Waals surface area contributed by atoms with Gasteiger partial charge in [0.25, 0.3) is 5.91 Å². The molecule has 3 fully saturated rings. The van der Waals surface area contributed by atoms with Crippen LogP contribution in [0.3, 0.4) is 0 Å². The predicted octanol–water partition coefficient (Wildman–Crippen LogP) is 4.07. The van der Waals surface area contributed by atoms with Gasteiger partial charge in [0.05, 0.1) is 23.6 Å². The van der Waals surface area contributed by atoms with Crippen molar-refractivity contribution in [2.24, 2.45) is 0 Å². The quantitative estimate of drug-likeness (QED) is 0.492. The Morgan fingerprint density at radius 1 is 1.19 bits per heavy atom. The monoisotopic (exact) mass is 603 g/mol. The van der Waals surface area contributed by atoms with Crippen LogP contribution in [0.4, 0.5) is 23.7 Å². The maximum Gasteiger partial charge on any atom is 0.411 e. The van der Waals surface area contributed by atoms with Crippen molar-refractivity contribution in [3.05, 3.63) is 36.2 Å². The second kappa shape index (κ2) is 12.6. The van der Waals surface area contributed by atoms with Crippen LogP contribution in [0.25, 0.3) is 11.3 Å². The van der Waals surface area contributed by atoms with Crippen LogP contribution >= 0.6 is 0 Å². The number of pyridine rings is 2. The molecule has 234 valence electrons.